The number of rotatable bonds is 37. The van der Waals surface area contributed by atoms with Gasteiger partial charge in [-0.3, -0.25) is 43.8 Å². The van der Waals surface area contributed by atoms with E-state index in [0.717, 1.165) is 22.3 Å². The first-order valence-electron chi connectivity index (χ1n) is 39.5. The van der Waals surface area contributed by atoms with Crippen LogP contribution in [-0.4, -0.2) is 165 Å². The molecule has 116 heavy (non-hydrogen) atoms. The summed E-state index contributed by atoms with van der Waals surface area (Å²) in [5, 5.41) is 48.0. The minimum Gasteiger partial charge on any atom is -0.488 e. The van der Waals surface area contributed by atoms with Crippen molar-refractivity contribution < 1.29 is 71.3 Å². The van der Waals surface area contributed by atoms with Crippen molar-refractivity contribution in [3.8, 4) is 11.5 Å². The summed E-state index contributed by atoms with van der Waals surface area (Å²) in [6, 6.07) is 33.6. The molecular weight excluding hydrogens is 1500 g/mol. The van der Waals surface area contributed by atoms with Gasteiger partial charge in [0.1, 0.15) is 70.5 Å². The van der Waals surface area contributed by atoms with Gasteiger partial charge in [0.2, 0.25) is 47.3 Å². The molecule has 620 valence electrons. The first-order chi connectivity index (χ1) is 55.0. The van der Waals surface area contributed by atoms with Crippen LogP contribution in [0.25, 0.3) is 0 Å². The van der Waals surface area contributed by atoms with Crippen LogP contribution in [0.1, 0.15) is 169 Å². The topological polar surface area (TPSA) is 414 Å². The fourth-order valence-corrected chi connectivity index (χ4v) is 16.5. The highest BCUT2D eigenvalue weighted by Crippen LogP contribution is 2.43. The normalized spacial score (nSPS) is 15.8. The molecule has 1 saturated heterocycles. The lowest BCUT2D eigenvalue weighted by Gasteiger charge is -2.37. The number of amides is 7. The molecule has 7 amide bonds. The van der Waals surface area contributed by atoms with Gasteiger partial charge < -0.3 is 72.1 Å². The number of nitrogens with two attached hydrogens (primary N) is 1. The Morgan fingerprint density at radius 2 is 1.18 bits per heavy atom. The summed E-state index contributed by atoms with van der Waals surface area (Å²) in [6.45, 7) is 19.8. The number of hydrogen-bond donors (Lipinski definition) is 12. The highest BCUT2D eigenvalue weighted by atomic mass is 32.2. The number of benzene rings is 6. The molecule has 29 heteroatoms. The fraction of sp³-hybridized carbons (Fsp3) is 0.437. The third-order valence-electron chi connectivity index (χ3n) is 21.0. The van der Waals surface area contributed by atoms with E-state index in [1.165, 1.54) is 4.90 Å². The third-order valence-corrected chi connectivity index (χ3v) is 22.6. The maximum atomic E-state index is 15.7. The SMILES string of the molecule is CCCC[C@H](NC(=O)[C@H](Cc1ccc(OC(C)(C)C)cc1)NC(=O)[C@@H](NC(=O)[C@H](CCCNC(=N)NS(=O)(=O)c1c(C)c(C)c2c(c1C)CCC(C)(C)O2)NC(=O)[C@@H](N)CC(=O)O)C(C)C)C(=O)N[C@@H](Cc1cn(C(c2ccccc2)(c2ccccc2)c2ccccc2)cn1)C(=O)N1CCC[C@H]1C(=O)N[C@@H](Cc1ccccc1)C(=O)O. The number of carbonyl (C=O) groups excluding carboxylic acids is 7. The van der Waals surface area contributed by atoms with Crippen molar-refractivity contribution in [1.82, 2.24) is 56.4 Å². The zero-order valence-electron chi connectivity index (χ0n) is 67.8. The van der Waals surface area contributed by atoms with E-state index < -0.39 is 147 Å². The summed E-state index contributed by atoms with van der Waals surface area (Å²) in [7, 11) is -4.35. The molecule has 6 aromatic carbocycles. The van der Waals surface area contributed by atoms with Gasteiger partial charge in [-0.1, -0.05) is 167 Å². The molecule has 0 spiro atoms. The highest BCUT2D eigenvalue weighted by Gasteiger charge is 2.44. The number of guanidine groups is 1. The van der Waals surface area contributed by atoms with E-state index in [9.17, 15) is 42.6 Å². The van der Waals surface area contributed by atoms with Crippen LogP contribution in [0, 0.1) is 32.1 Å². The summed E-state index contributed by atoms with van der Waals surface area (Å²) in [6.07, 6.45) is 4.62. The first kappa shape index (κ1) is 88.5. The van der Waals surface area contributed by atoms with Gasteiger partial charge in [-0.2, -0.15) is 0 Å². The molecule has 28 nitrogen and oxygen atoms in total. The molecule has 3 heterocycles. The predicted octanol–water partition coefficient (Wildman–Crippen LogP) is 7.87. The van der Waals surface area contributed by atoms with E-state index in [2.05, 4.69) is 41.9 Å². The smallest absolute Gasteiger partial charge is 0.326 e. The van der Waals surface area contributed by atoms with Gasteiger partial charge in [0.05, 0.1) is 29.4 Å². The van der Waals surface area contributed by atoms with E-state index in [0.29, 0.717) is 77.1 Å². The van der Waals surface area contributed by atoms with Crippen molar-refractivity contribution in [3.05, 3.63) is 214 Å². The second-order valence-corrected chi connectivity index (χ2v) is 33.5. The zero-order chi connectivity index (χ0) is 84.4. The standard InChI is InChI=1S/C87H111N13O15S/c1-12-13-36-66(77(104)95-69(82(109)100-46-27-38-71(100)80(107)96-70(83(110)111)48-57-28-18-14-19-29-57)49-62-51-99(52-91-62)87(59-30-20-15-21-31-59,60-32-22-16-23-33-60)61-34-24-17-25-35-61)93-79(106)68(47-58-39-41-63(42-40-58)114-85(7,8)9)94-81(108)73(53(2)3)97-78(105)67(92-76(103)65(88)50-72(101)102)37-26-45-90-84(89)98-116(112,113)75-55(5)54(4)74-64(56(75)6)43-44-86(10,11)115-74/h14-25,28-35,39-42,51-53,65-71,73H,12-13,26-27,36-38,43-50,88H2,1-11H3,(H,92,103)(H,93,106)(H,94,108)(H,95,104)(H,96,107)(H,97,105)(H,101,102)(H,110,111)(H3,89,90,98)/t65-,66-,67-,68-,69-,70-,71-,73-/m0/s1. The Kier molecular flexibility index (Phi) is 29.9. The minimum absolute atomic E-state index is 0.00949. The zero-order valence-corrected chi connectivity index (χ0v) is 68.7. The maximum absolute atomic E-state index is 15.7. The van der Waals surface area contributed by atoms with Crippen molar-refractivity contribution in [2.45, 2.75) is 230 Å². The van der Waals surface area contributed by atoms with Crippen molar-refractivity contribution in [1.29, 1.82) is 5.41 Å². The largest absolute Gasteiger partial charge is 0.488 e. The summed E-state index contributed by atoms with van der Waals surface area (Å²) in [4.78, 5) is 135. The fourth-order valence-electron chi connectivity index (χ4n) is 15.0. The van der Waals surface area contributed by atoms with Crippen LogP contribution in [0.15, 0.2) is 163 Å². The third kappa shape index (κ3) is 22.8. The second-order valence-electron chi connectivity index (χ2n) is 31.9. The van der Waals surface area contributed by atoms with Crippen LogP contribution in [-0.2, 0) is 84.4 Å². The van der Waals surface area contributed by atoms with Crippen LogP contribution < -0.4 is 57.1 Å². The molecule has 2 aliphatic rings. The van der Waals surface area contributed by atoms with Crippen LogP contribution in [0.4, 0.5) is 0 Å². The molecule has 0 aliphatic carbocycles. The molecule has 1 aromatic heterocycles. The Balaban J connectivity index is 0.993. The van der Waals surface area contributed by atoms with Gasteiger partial charge in [-0.05, 0) is 168 Å². The number of fused-ring (bicyclic) bond motifs is 1. The van der Waals surface area contributed by atoms with Gasteiger partial charge in [-0.15, -0.1) is 0 Å². The number of carboxylic acids is 2. The Morgan fingerprint density at radius 1 is 0.655 bits per heavy atom. The maximum Gasteiger partial charge on any atom is 0.326 e. The number of carboxylic acid groups (broad SMARTS) is 2. The molecule has 8 atom stereocenters. The van der Waals surface area contributed by atoms with Gasteiger partial charge in [0.15, 0.2) is 0 Å². The van der Waals surface area contributed by atoms with Gasteiger partial charge >= 0.3 is 11.9 Å². The van der Waals surface area contributed by atoms with Gasteiger partial charge in [0, 0.05) is 38.5 Å². The summed E-state index contributed by atoms with van der Waals surface area (Å²) in [5.74, 6) is -8.72. The van der Waals surface area contributed by atoms with Gasteiger partial charge in [0.25, 0.3) is 10.0 Å². The Labute approximate surface area is 678 Å². The van der Waals surface area contributed by atoms with Crippen molar-refractivity contribution >= 4 is 69.3 Å². The Hall–Kier alpha value is -11.5. The number of nitrogens with zero attached hydrogens (tertiary/aromatic N) is 3. The molecule has 0 saturated carbocycles. The number of sulfonamides is 1. The average Bonchev–Trinajstić information content (AvgIpc) is 1.24. The van der Waals surface area contributed by atoms with E-state index in [4.69, 9.17) is 25.6 Å². The van der Waals surface area contributed by atoms with Crippen LogP contribution >= 0.6 is 0 Å². The van der Waals surface area contributed by atoms with Crippen LogP contribution in [0.5, 0.6) is 11.5 Å². The number of ether oxygens (including phenoxy) is 2. The van der Waals surface area contributed by atoms with E-state index >= 15 is 19.2 Å². The molecule has 0 radical (unpaired) electrons. The number of likely N-dealkylation sites (tertiary alicyclic amines) is 1. The lowest BCUT2D eigenvalue weighted by Crippen LogP contribution is -2.61. The number of aliphatic carboxylic acids is 2. The van der Waals surface area contributed by atoms with Crippen molar-refractivity contribution in [2.24, 2.45) is 11.7 Å². The highest BCUT2D eigenvalue weighted by molar-refractivity contribution is 7.90. The number of aromatic nitrogens is 2. The summed E-state index contributed by atoms with van der Waals surface area (Å²) in [5.41, 5.74) is 10.4. The van der Waals surface area contributed by atoms with Crippen LogP contribution in [0.3, 0.4) is 0 Å². The Bertz CT molecular complexity index is 4650. The number of hydrogen-bond acceptors (Lipinski definition) is 16. The molecule has 2 aliphatic heterocycles. The minimum atomic E-state index is -4.35. The average molecular weight is 1610 g/mol. The van der Waals surface area contributed by atoms with Gasteiger partial charge in [-0.25, -0.2) is 22.9 Å². The summed E-state index contributed by atoms with van der Waals surface area (Å²) >= 11 is 0. The molecule has 0 bridgehead atoms. The van der Waals surface area contributed by atoms with E-state index in [-0.39, 0.29) is 62.9 Å². The van der Waals surface area contributed by atoms with Crippen molar-refractivity contribution in [2.75, 3.05) is 13.1 Å². The van der Waals surface area contributed by atoms with Crippen LogP contribution in [0.2, 0.25) is 0 Å². The monoisotopic (exact) mass is 1610 g/mol. The quantitative estimate of drug-likeness (QED) is 0.00762. The Morgan fingerprint density at radius 3 is 1.74 bits per heavy atom. The first-order valence-corrected chi connectivity index (χ1v) is 41.0. The number of imidazole rings is 1. The second kappa shape index (κ2) is 39.3. The molecule has 9 rings (SSSR count). The molecule has 0 unspecified atom stereocenters. The van der Waals surface area contributed by atoms with E-state index in [1.54, 1.807) is 102 Å². The molecule has 7 aromatic rings. The molecule has 1 fully saturated rings. The lowest BCUT2D eigenvalue weighted by atomic mass is 9.77. The summed E-state index contributed by atoms with van der Waals surface area (Å²) < 4.78 is 44.8. The number of nitrogens with one attached hydrogen (secondary N) is 9. The molecule has 13 N–H and O–H groups in total. The molecular formula is C87H111N13O15S. The number of unbranched alkanes of at least 4 members (excludes halogenated alkanes) is 1. The van der Waals surface area contributed by atoms with Crippen molar-refractivity contribution in [3.63, 3.8) is 0 Å². The lowest BCUT2D eigenvalue weighted by molar-refractivity contribution is -0.145. The predicted molar refractivity (Wildman–Crippen MR) is 439 cm³/mol. The number of carbonyl (C=O) groups is 9. The van der Waals surface area contributed by atoms with E-state index in [1.807, 2.05) is 137 Å².